The van der Waals surface area contributed by atoms with Crippen molar-refractivity contribution >= 4 is 39.2 Å². The lowest BCUT2D eigenvalue weighted by Crippen LogP contribution is -3.04. The van der Waals surface area contributed by atoms with Crippen molar-refractivity contribution in [1.29, 1.82) is 0 Å². The van der Waals surface area contributed by atoms with E-state index in [1.165, 1.54) is 10.5 Å². The number of thiophene rings is 1. The molecule has 3 nitrogen and oxygen atoms in total. The Morgan fingerprint density at radius 1 is 1.18 bits per heavy atom. The molecule has 5 heteroatoms. The van der Waals surface area contributed by atoms with Gasteiger partial charge in [-0.05, 0) is 39.7 Å². The zero-order chi connectivity index (χ0) is 15.9. The van der Waals surface area contributed by atoms with Crippen molar-refractivity contribution in [2.24, 2.45) is 0 Å². The maximum Gasteiger partial charge on any atom is 0.244 e. The van der Waals surface area contributed by atoms with Gasteiger partial charge in [-0.3, -0.25) is 4.79 Å². The van der Waals surface area contributed by atoms with Crippen LogP contribution in [0.15, 0.2) is 46.3 Å². The molecule has 1 aromatic heterocycles. The van der Waals surface area contributed by atoms with Crippen molar-refractivity contribution in [3.8, 4) is 0 Å². The van der Waals surface area contributed by atoms with Crippen molar-refractivity contribution in [2.45, 2.75) is 13.1 Å². The standard InChI is InChI=1S/C17H19BrN2OS/c1-20(2)12-14-5-3-13(4-6-14)11-19-17(21)10-8-15-7-9-16(18)22-15/h3-10H,11-12H2,1-2H3,(H,19,21)/p+1/b10-8+. The van der Waals surface area contributed by atoms with Crippen LogP contribution in [0.5, 0.6) is 0 Å². The summed E-state index contributed by atoms with van der Waals surface area (Å²) in [7, 11) is 4.26. The summed E-state index contributed by atoms with van der Waals surface area (Å²) in [4.78, 5) is 14.2. The summed E-state index contributed by atoms with van der Waals surface area (Å²) in [6.07, 6.45) is 3.40. The molecule has 2 rings (SSSR count). The molecule has 2 aromatic rings. The molecule has 0 aliphatic rings. The third-order valence-electron chi connectivity index (χ3n) is 3.04. The van der Waals surface area contributed by atoms with Gasteiger partial charge in [0.05, 0.1) is 17.9 Å². The Morgan fingerprint density at radius 2 is 1.86 bits per heavy atom. The first-order chi connectivity index (χ1) is 10.5. The van der Waals surface area contributed by atoms with E-state index in [9.17, 15) is 4.79 Å². The van der Waals surface area contributed by atoms with E-state index in [1.807, 2.05) is 18.2 Å². The first-order valence-corrected chi connectivity index (χ1v) is 8.72. The molecule has 1 amide bonds. The Balaban J connectivity index is 1.82. The number of benzene rings is 1. The fourth-order valence-electron chi connectivity index (χ4n) is 2.01. The molecule has 0 aliphatic carbocycles. The van der Waals surface area contributed by atoms with Gasteiger partial charge in [0.25, 0.3) is 0 Å². The number of rotatable bonds is 6. The third-order valence-corrected chi connectivity index (χ3v) is 4.63. The van der Waals surface area contributed by atoms with Crippen LogP contribution in [0.4, 0.5) is 0 Å². The van der Waals surface area contributed by atoms with Gasteiger partial charge in [0.1, 0.15) is 6.54 Å². The van der Waals surface area contributed by atoms with E-state index in [2.05, 4.69) is 59.6 Å². The summed E-state index contributed by atoms with van der Waals surface area (Å²) in [5, 5.41) is 2.90. The zero-order valence-corrected chi connectivity index (χ0v) is 15.1. The van der Waals surface area contributed by atoms with Gasteiger partial charge in [-0.25, -0.2) is 0 Å². The number of nitrogens with one attached hydrogen (secondary N) is 2. The number of carbonyl (C=O) groups excluding carboxylic acids is 1. The molecule has 1 aromatic carbocycles. The van der Waals surface area contributed by atoms with Gasteiger partial charge in [-0.2, -0.15) is 0 Å². The van der Waals surface area contributed by atoms with Crippen molar-refractivity contribution in [2.75, 3.05) is 14.1 Å². The minimum Gasteiger partial charge on any atom is -0.348 e. The van der Waals surface area contributed by atoms with Crippen LogP contribution in [-0.4, -0.2) is 20.0 Å². The topological polar surface area (TPSA) is 33.5 Å². The molecule has 0 bridgehead atoms. The molecule has 2 N–H and O–H groups in total. The predicted molar refractivity (Wildman–Crippen MR) is 95.9 cm³/mol. The molecule has 0 atom stereocenters. The average molecular weight is 380 g/mol. The van der Waals surface area contributed by atoms with Crippen LogP contribution in [0, 0.1) is 0 Å². The molecule has 0 fully saturated rings. The number of carbonyl (C=O) groups is 1. The van der Waals surface area contributed by atoms with Crippen molar-refractivity contribution < 1.29 is 9.69 Å². The molecule has 0 saturated heterocycles. The maximum atomic E-state index is 11.8. The van der Waals surface area contributed by atoms with Crippen LogP contribution in [-0.2, 0) is 17.9 Å². The van der Waals surface area contributed by atoms with Gasteiger partial charge in [-0.15, -0.1) is 11.3 Å². The highest BCUT2D eigenvalue weighted by molar-refractivity contribution is 9.11. The molecule has 0 radical (unpaired) electrons. The lowest BCUT2D eigenvalue weighted by molar-refractivity contribution is -0.872. The van der Waals surface area contributed by atoms with Gasteiger partial charge >= 0.3 is 0 Å². The normalized spacial score (nSPS) is 11.3. The summed E-state index contributed by atoms with van der Waals surface area (Å²) in [6, 6.07) is 12.3. The second-order valence-corrected chi connectivity index (χ2v) is 7.89. The molecule has 0 saturated carbocycles. The molecular formula is C17H20BrN2OS+. The number of halogens is 1. The highest BCUT2D eigenvalue weighted by Crippen LogP contribution is 2.22. The number of amides is 1. The van der Waals surface area contributed by atoms with Crippen molar-refractivity contribution in [1.82, 2.24) is 5.32 Å². The summed E-state index contributed by atoms with van der Waals surface area (Å²) in [6.45, 7) is 1.55. The van der Waals surface area contributed by atoms with Crippen LogP contribution in [0.25, 0.3) is 6.08 Å². The molecule has 0 aliphatic heterocycles. The average Bonchev–Trinajstić information content (AvgIpc) is 2.89. The Labute approximate surface area is 143 Å². The van der Waals surface area contributed by atoms with Crippen LogP contribution >= 0.6 is 27.3 Å². The number of quaternary nitrogens is 1. The van der Waals surface area contributed by atoms with Crippen LogP contribution < -0.4 is 10.2 Å². The largest absolute Gasteiger partial charge is 0.348 e. The second kappa shape index (κ2) is 8.27. The van der Waals surface area contributed by atoms with Gasteiger partial charge in [0.2, 0.25) is 5.91 Å². The number of hydrogen-bond acceptors (Lipinski definition) is 2. The Hall–Kier alpha value is -1.43. The SMILES string of the molecule is C[NH+](C)Cc1ccc(CNC(=O)/C=C/c2ccc(Br)s2)cc1. The lowest BCUT2D eigenvalue weighted by atomic mass is 10.1. The molecule has 22 heavy (non-hydrogen) atoms. The lowest BCUT2D eigenvalue weighted by Gasteiger charge is -2.08. The van der Waals surface area contributed by atoms with Crippen LogP contribution in [0.2, 0.25) is 0 Å². The van der Waals surface area contributed by atoms with Crippen molar-refractivity contribution in [3.05, 3.63) is 62.3 Å². The van der Waals surface area contributed by atoms with Gasteiger partial charge in [0, 0.05) is 23.1 Å². The summed E-state index contributed by atoms with van der Waals surface area (Å²) >= 11 is 5.00. The highest BCUT2D eigenvalue weighted by atomic mass is 79.9. The van der Waals surface area contributed by atoms with E-state index in [0.29, 0.717) is 6.54 Å². The molecular weight excluding hydrogens is 360 g/mol. The Kier molecular flexibility index (Phi) is 6.36. The predicted octanol–water partition coefficient (Wildman–Crippen LogP) is 2.48. The Morgan fingerprint density at radius 3 is 2.45 bits per heavy atom. The smallest absolute Gasteiger partial charge is 0.244 e. The van der Waals surface area contributed by atoms with E-state index in [0.717, 1.165) is 20.8 Å². The third kappa shape index (κ3) is 5.75. The summed E-state index contributed by atoms with van der Waals surface area (Å²) in [5.41, 5.74) is 2.41. The first-order valence-electron chi connectivity index (χ1n) is 7.11. The van der Waals surface area contributed by atoms with Gasteiger partial charge in [0.15, 0.2) is 0 Å². The molecule has 116 valence electrons. The second-order valence-electron chi connectivity index (χ2n) is 5.39. The fourth-order valence-corrected chi connectivity index (χ4v) is 3.33. The first kappa shape index (κ1) is 16.9. The summed E-state index contributed by atoms with van der Waals surface area (Å²) in [5.74, 6) is -0.0775. The minimum atomic E-state index is -0.0775. The van der Waals surface area contributed by atoms with Gasteiger partial charge in [-0.1, -0.05) is 24.3 Å². The number of hydrogen-bond donors (Lipinski definition) is 2. The Bertz CT molecular complexity index is 647. The highest BCUT2D eigenvalue weighted by Gasteiger charge is 2.00. The molecule has 0 spiro atoms. The van der Waals surface area contributed by atoms with Gasteiger partial charge < -0.3 is 10.2 Å². The van der Waals surface area contributed by atoms with E-state index in [-0.39, 0.29) is 5.91 Å². The monoisotopic (exact) mass is 379 g/mol. The van der Waals surface area contributed by atoms with Crippen LogP contribution in [0.3, 0.4) is 0 Å². The van der Waals surface area contributed by atoms with E-state index >= 15 is 0 Å². The summed E-state index contributed by atoms with van der Waals surface area (Å²) < 4.78 is 1.06. The minimum absolute atomic E-state index is 0.0775. The van der Waals surface area contributed by atoms with E-state index in [1.54, 1.807) is 17.4 Å². The zero-order valence-electron chi connectivity index (χ0n) is 12.7. The quantitative estimate of drug-likeness (QED) is 0.742. The van der Waals surface area contributed by atoms with Crippen molar-refractivity contribution in [3.63, 3.8) is 0 Å². The molecule has 0 unspecified atom stereocenters. The maximum absolute atomic E-state index is 11.8. The molecule has 1 heterocycles. The fraction of sp³-hybridized carbons (Fsp3) is 0.235. The van der Waals surface area contributed by atoms with Crippen LogP contribution in [0.1, 0.15) is 16.0 Å². The van der Waals surface area contributed by atoms with E-state index < -0.39 is 0 Å². The van der Waals surface area contributed by atoms with E-state index in [4.69, 9.17) is 0 Å².